The molecular formula is C29H32N6O4S. The Hall–Kier alpha value is -3.83. The van der Waals surface area contributed by atoms with Crippen LogP contribution in [0.2, 0.25) is 0 Å². The maximum absolute atomic E-state index is 13.6. The number of nitrogens with zero attached hydrogens (tertiary/aromatic N) is 2. The number of thioether (sulfide) groups is 1. The van der Waals surface area contributed by atoms with E-state index >= 15 is 0 Å². The van der Waals surface area contributed by atoms with Crippen LogP contribution in [0.5, 0.6) is 11.6 Å². The van der Waals surface area contributed by atoms with Gasteiger partial charge in [-0.25, -0.2) is 9.78 Å². The van der Waals surface area contributed by atoms with Gasteiger partial charge in [-0.05, 0) is 62.9 Å². The topological polar surface area (TPSA) is 125 Å². The molecule has 5 atom stereocenters. The van der Waals surface area contributed by atoms with Crippen molar-refractivity contribution in [2.75, 3.05) is 11.4 Å². The van der Waals surface area contributed by atoms with Gasteiger partial charge >= 0.3 is 6.03 Å². The van der Waals surface area contributed by atoms with E-state index in [1.807, 2.05) is 43.3 Å². The fraction of sp³-hybridized carbons (Fsp3) is 0.379. The first-order valence-electron chi connectivity index (χ1n) is 13.6. The lowest BCUT2D eigenvalue weighted by Gasteiger charge is -2.46. The van der Waals surface area contributed by atoms with Gasteiger partial charge < -0.3 is 26.0 Å². The standard InChI is InChI=1S/C29H32N6O4S/c1-3-22(36)32-18-10-7-11-19(18)33-27(37)26-25-24-20(12-13-30-28(24)40-26)35(29(38)34-25)21-15-31-23(14-16(21)2)39-17-8-5-4-6-9-17/h3-6,8-9,14-15,18-20,24,28,30H,1,7,10-13H2,2H3,(H,32,36)(H,33,37)(H,34,38)/t18-,19-,20?,24?,28?/m1/s1. The molecule has 4 N–H and O–H groups in total. The van der Waals surface area contributed by atoms with E-state index in [1.165, 1.54) is 17.8 Å². The van der Waals surface area contributed by atoms with Crippen LogP contribution in [0.3, 0.4) is 0 Å². The second kappa shape index (κ2) is 11.0. The van der Waals surface area contributed by atoms with Gasteiger partial charge in [-0.2, -0.15) is 0 Å². The number of carbonyl (C=O) groups excluding carboxylic acids is 3. The van der Waals surface area contributed by atoms with E-state index in [-0.39, 0.29) is 47.3 Å². The van der Waals surface area contributed by atoms with Crippen LogP contribution < -0.4 is 30.9 Å². The maximum Gasteiger partial charge on any atom is 0.326 e. The van der Waals surface area contributed by atoms with E-state index in [4.69, 9.17) is 4.74 Å². The van der Waals surface area contributed by atoms with Gasteiger partial charge in [0, 0.05) is 29.8 Å². The second-order valence-electron chi connectivity index (χ2n) is 10.5. The van der Waals surface area contributed by atoms with Gasteiger partial charge in [0.25, 0.3) is 5.91 Å². The van der Waals surface area contributed by atoms with Crippen LogP contribution in [0.25, 0.3) is 0 Å². The molecule has 11 heteroatoms. The lowest BCUT2D eigenvalue weighted by Crippen LogP contribution is -2.62. The Morgan fingerprint density at radius 1 is 1.18 bits per heavy atom. The van der Waals surface area contributed by atoms with Gasteiger partial charge in [0.1, 0.15) is 5.75 Å². The first kappa shape index (κ1) is 26.4. The monoisotopic (exact) mass is 560 g/mol. The van der Waals surface area contributed by atoms with Crippen LogP contribution in [-0.2, 0) is 9.59 Å². The van der Waals surface area contributed by atoms with Crippen LogP contribution >= 0.6 is 11.8 Å². The average Bonchev–Trinajstić information content (AvgIpc) is 3.55. The Morgan fingerprint density at radius 2 is 1.95 bits per heavy atom. The highest BCUT2D eigenvalue weighted by molar-refractivity contribution is 8.04. The molecule has 1 aromatic carbocycles. The van der Waals surface area contributed by atoms with Gasteiger partial charge in [-0.3, -0.25) is 14.5 Å². The van der Waals surface area contributed by atoms with E-state index in [0.29, 0.717) is 22.2 Å². The third-order valence-corrected chi connectivity index (χ3v) is 9.33. The average molecular weight is 561 g/mol. The molecule has 2 saturated heterocycles. The molecular weight excluding hydrogens is 528 g/mol. The number of rotatable bonds is 7. The zero-order valence-electron chi connectivity index (χ0n) is 22.2. The van der Waals surface area contributed by atoms with Crippen molar-refractivity contribution in [2.24, 2.45) is 5.92 Å². The Kier molecular flexibility index (Phi) is 7.24. The summed E-state index contributed by atoms with van der Waals surface area (Å²) in [4.78, 5) is 45.8. The SMILES string of the molecule is C=CC(=O)N[C@@H]1CCC[C@H]1NC(=O)C1=C2NC(=O)N(c3cnc(Oc4ccccc4)cc3C)C3CCNC(S1)C23. The minimum atomic E-state index is -0.275. The Bertz CT molecular complexity index is 1380. The number of hydrogen-bond acceptors (Lipinski definition) is 7. The number of aromatic nitrogens is 1. The molecule has 3 unspecified atom stereocenters. The Balaban J connectivity index is 1.22. The molecule has 1 aliphatic carbocycles. The van der Waals surface area contributed by atoms with Gasteiger partial charge in [0.05, 0.1) is 28.2 Å². The van der Waals surface area contributed by atoms with Crippen LogP contribution in [0, 0.1) is 12.8 Å². The zero-order valence-corrected chi connectivity index (χ0v) is 23.0. The molecule has 4 aliphatic rings. The molecule has 1 saturated carbocycles. The van der Waals surface area contributed by atoms with E-state index in [0.717, 1.165) is 43.5 Å². The molecule has 208 valence electrons. The number of carbonyl (C=O) groups is 3. The number of piperidine rings is 1. The summed E-state index contributed by atoms with van der Waals surface area (Å²) in [6.45, 7) is 6.19. The second-order valence-corrected chi connectivity index (χ2v) is 11.6. The molecule has 4 heterocycles. The summed E-state index contributed by atoms with van der Waals surface area (Å²) in [6, 6.07) is 10.6. The molecule has 2 aromatic rings. The summed E-state index contributed by atoms with van der Waals surface area (Å²) < 4.78 is 5.89. The molecule has 40 heavy (non-hydrogen) atoms. The molecule has 10 nitrogen and oxygen atoms in total. The summed E-state index contributed by atoms with van der Waals surface area (Å²) in [5, 5.41) is 12.6. The number of para-hydroxylation sites is 1. The first-order chi connectivity index (χ1) is 19.4. The summed E-state index contributed by atoms with van der Waals surface area (Å²) in [6.07, 6.45) is 6.17. The molecule has 6 rings (SSSR count). The van der Waals surface area contributed by atoms with Crippen molar-refractivity contribution in [3.63, 3.8) is 0 Å². The normalized spacial score (nSPS) is 27.1. The van der Waals surface area contributed by atoms with Crippen molar-refractivity contribution < 1.29 is 19.1 Å². The number of aryl methyl sites for hydroxylation is 1. The maximum atomic E-state index is 13.6. The molecule has 0 spiro atoms. The van der Waals surface area contributed by atoms with Crippen LogP contribution in [0.1, 0.15) is 31.2 Å². The third-order valence-electron chi connectivity index (χ3n) is 7.98. The van der Waals surface area contributed by atoms with E-state index < -0.39 is 0 Å². The lowest BCUT2D eigenvalue weighted by atomic mass is 9.86. The van der Waals surface area contributed by atoms with Crippen LogP contribution in [-0.4, -0.2) is 52.9 Å². The number of anilines is 1. The highest BCUT2D eigenvalue weighted by Crippen LogP contribution is 2.48. The molecule has 0 radical (unpaired) electrons. The first-order valence-corrected chi connectivity index (χ1v) is 14.5. The van der Waals surface area contributed by atoms with Crippen molar-refractivity contribution in [2.45, 2.75) is 56.1 Å². The number of pyridine rings is 1. The van der Waals surface area contributed by atoms with Crippen molar-refractivity contribution in [3.8, 4) is 11.6 Å². The number of nitrogens with one attached hydrogen (secondary N) is 4. The fourth-order valence-corrected chi connectivity index (χ4v) is 7.52. The number of amides is 4. The lowest BCUT2D eigenvalue weighted by molar-refractivity contribution is -0.119. The van der Waals surface area contributed by atoms with Crippen LogP contribution in [0.15, 0.2) is 65.9 Å². The number of urea groups is 1. The van der Waals surface area contributed by atoms with Gasteiger partial charge in [-0.1, -0.05) is 36.5 Å². The summed E-state index contributed by atoms with van der Waals surface area (Å²) in [5.41, 5.74) is 2.26. The molecule has 3 fully saturated rings. The zero-order chi connectivity index (χ0) is 27.8. The number of ether oxygens (including phenoxy) is 1. The van der Waals surface area contributed by atoms with Gasteiger partial charge in [0.15, 0.2) is 0 Å². The third kappa shape index (κ3) is 4.95. The highest BCUT2D eigenvalue weighted by atomic mass is 32.2. The van der Waals surface area contributed by atoms with E-state index in [1.54, 1.807) is 11.1 Å². The number of hydrogen-bond donors (Lipinski definition) is 4. The summed E-state index contributed by atoms with van der Waals surface area (Å²) in [7, 11) is 0. The predicted octanol–water partition coefficient (Wildman–Crippen LogP) is 3.31. The smallest absolute Gasteiger partial charge is 0.326 e. The molecule has 4 amide bonds. The van der Waals surface area contributed by atoms with Crippen molar-refractivity contribution in [1.29, 1.82) is 0 Å². The number of benzene rings is 1. The van der Waals surface area contributed by atoms with Gasteiger partial charge in [0.2, 0.25) is 11.8 Å². The molecule has 1 aromatic heterocycles. The highest BCUT2D eigenvalue weighted by Gasteiger charge is 2.52. The van der Waals surface area contributed by atoms with Crippen molar-refractivity contribution in [1.82, 2.24) is 26.3 Å². The quantitative estimate of drug-likeness (QED) is 0.383. The van der Waals surface area contributed by atoms with Gasteiger partial charge in [-0.15, -0.1) is 0 Å². The Labute approximate surface area is 237 Å². The van der Waals surface area contributed by atoms with E-state index in [2.05, 4.69) is 32.8 Å². The van der Waals surface area contributed by atoms with E-state index in [9.17, 15) is 14.4 Å². The molecule has 3 aliphatic heterocycles. The minimum Gasteiger partial charge on any atom is -0.439 e. The fourth-order valence-electron chi connectivity index (χ4n) is 6.12. The molecule has 0 bridgehead atoms. The Morgan fingerprint density at radius 3 is 2.70 bits per heavy atom. The van der Waals surface area contributed by atoms with Crippen molar-refractivity contribution in [3.05, 3.63) is 71.4 Å². The van der Waals surface area contributed by atoms with Crippen LogP contribution in [0.4, 0.5) is 10.5 Å². The largest absolute Gasteiger partial charge is 0.439 e. The summed E-state index contributed by atoms with van der Waals surface area (Å²) >= 11 is 1.47. The minimum absolute atomic E-state index is 0.0357. The predicted molar refractivity (Wildman–Crippen MR) is 153 cm³/mol. The van der Waals surface area contributed by atoms with Crippen molar-refractivity contribution >= 4 is 35.3 Å². The summed E-state index contributed by atoms with van der Waals surface area (Å²) in [5.74, 6) is 0.615.